The summed E-state index contributed by atoms with van der Waals surface area (Å²) in [6, 6.07) is 3.70. The quantitative estimate of drug-likeness (QED) is 0.839. The lowest BCUT2D eigenvalue weighted by Crippen LogP contribution is -2.28. The summed E-state index contributed by atoms with van der Waals surface area (Å²) >= 11 is 1.43. The first-order chi connectivity index (χ1) is 7.16. The van der Waals surface area contributed by atoms with Crippen molar-refractivity contribution >= 4 is 17.3 Å². The van der Waals surface area contributed by atoms with Gasteiger partial charge in [0.2, 0.25) is 0 Å². The Hall–Kier alpha value is -0.870. The van der Waals surface area contributed by atoms with Crippen LogP contribution in [0.25, 0.3) is 0 Å². The van der Waals surface area contributed by atoms with Gasteiger partial charge in [0.05, 0.1) is 0 Å². The zero-order valence-electron chi connectivity index (χ0n) is 8.77. The maximum absolute atomic E-state index is 10.8. The average molecular weight is 225 g/mol. The molecule has 0 amide bonds. The van der Waals surface area contributed by atoms with E-state index in [2.05, 4.69) is 11.9 Å². The number of carboxylic acids is 1. The van der Waals surface area contributed by atoms with Gasteiger partial charge in [-0.15, -0.1) is 11.3 Å². The van der Waals surface area contributed by atoms with E-state index in [1.54, 1.807) is 6.07 Å². The van der Waals surface area contributed by atoms with E-state index in [1.165, 1.54) is 16.2 Å². The van der Waals surface area contributed by atoms with Gasteiger partial charge >= 0.3 is 5.97 Å². The molecule has 3 nitrogen and oxygen atoms in total. The lowest BCUT2D eigenvalue weighted by Gasteiger charge is -2.28. The van der Waals surface area contributed by atoms with Crippen LogP contribution in [0.2, 0.25) is 0 Å². The van der Waals surface area contributed by atoms with E-state index in [9.17, 15) is 4.79 Å². The van der Waals surface area contributed by atoms with Gasteiger partial charge in [-0.25, -0.2) is 4.79 Å². The van der Waals surface area contributed by atoms with Gasteiger partial charge in [-0.2, -0.15) is 0 Å². The number of piperidine rings is 1. The van der Waals surface area contributed by atoms with Gasteiger partial charge in [0, 0.05) is 4.88 Å². The number of hydrogen-bond donors (Lipinski definition) is 1. The van der Waals surface area contributed by atoms with Crippen LogP contribution in [0.3, 0.4) is 0 Å². The third-order valence-electron chi connectivity index (χ3n) is 2.96. The molecule has 0 saturated carbocycles. The van der Waals surface area contributed by atoms with Crippen molar-refractivity contribution in [2.24, 2.45) is 0 Å². The maximum atomic E-state index is 10.8. The molecule has 4 heteroatoms. The van der Waals surface area contributed by atoms with Crippen LogP contribution in [-0.2, 0) is 0 Å². The van der Waals surface area contributed by atoms with Gasteiger partial charge in [0.1, 0.15) is 4.88 Å². The molecule has 0 atom stereocenters. The fourth-order valence-corrected chi connectivity index (χ4v) is 3.00. The molecule has 1 aromatic heterocycles. The van der Waals surface area contributed by atoms with Crippen LogP contribution in [0.5, 0.6) is 0 Å². The largest absolute Gasteiger partial charge is 0.477 e. The first kappa shape index (κ1) is 10.6. The molecule has 0 aliphatic carbocycles. The topological polar surface area (TPSA) is 40.5 Å². The molecule has 0 unspecified atom stereocenters. The van der Waals surface area contributed by atoms with Gasteiger partial charge < -0.3 is 10.0 Å². The zero-order valence-corrected chi connectivity index (χ0v) is 9.59. The second kappa shape index (κ2) is 4.33. The van der Waals surface area contributed by atoms with Gasteiger partial charge in [-0.05, 0) is 51.0 Å². The van der Waals surface area contributed by atoms with E-state index >= 15 is 0 Å². The van der Waals surface area contributed by atoms with E-state index < -0.39 is 5.97 Å². The van der Waals surface area contributed by atoms with Crippen LogP contribution < -0.4 is 0 Å². The number of nitrogens with zero attached hydrogens (tertiary/aromatic N) is 1. The monoisotopic (exact) mass is 225 g/mol. The van der Waals surface area contributed by atoms with Crippen molar-refractivity contribution in [3.63, 3.8) is 0 Å². The van der Waals surface area contributed by atoms with Crippen molar-refractivity contribution in [1.29, 1.82) is 0 Å². The highest BCUT2D eigenvalue weighted by Gasteiger charge is 2.20. The highest BCUT2D eigenvalue weighted by molar-refractivity contribution is 7.14. The van der Waals surface area contributed by atoms with Gasteiger partial charge in [0.15, 0.2) is 0 Å². The molecule has 15 heavy (non-hydrogen) atoms. The summed E-state index contributed by atoms with van der Waals surface area (Å²) in [5.74, 6) is -0.238. The molecule has 1 N–H and O–H groups in total. The molecular weight excluding hydrogens is 210 g/mol. The number of carboxylic acid groups (broad SMARTS) is 1. The molecule has 0 aromatic carbocycles. The summed E-state index contributed by atoms with van der Waals surface area (Å²) in [5, 5.41) is 8.84. The Morgan fingerprint density at radius 1 is 1.47 bits per heavy atom. The molecule has 0 spiro atoms. The SMILES string of the molecule is CN1CCC(c2ccc(C(=O)O)s2)CC1. The van der Waals surface area contributed by atoms with Crippen molar-refractivity contribution in [3.8, 4) is 0 Å². The lowest BCUT2D eigenvalue weighted by molar-refractivity contribution is 0.0702. The Balaban J connectivity index is 2.06. The number of aromatic carboxylic acids is 1. The van der Waals surface area contributed by atoms with Crippen LogP contribution >= 0.6 is 11.3 Å². The summed E-state index contributed by atoms with van der Waals surface area (Å²) in [6.07, 6.45) is 2.30. The number of likely N-dealkylation sites (tertiary alicyclic amines) is 1. The van der Waals surface area contributed by atoms with Crippen LogP contribution in [0, 0.1) is 0 Å². The molecule has 2 heterocycles. The fraction of sp³-hybridized carbons (Fsp3) is 0.545. The Morgan fingerprint density at radius 3 is 2.67 bits per heavy atom. The Kier molecular flexibility index (Phi) is 3.07. The molecule has 1 fully saturated rings. The van der Waals surface area contributed by atoms with Crippen molar-refractivity contribution < 1.29 is 9.90 Å². The number of hydrogen-bond acceptors (Lipinski definition) is 3. The normalized spacial score (nSPS) is 19.3. The predicted molar refractivity (Wildman–Crippen MR) is 60.8 cm³/mol. The van der Waals surface area contributed by atoms with E-state index in [0.29, 0.717) is 10.8 Å². The molecule has 1 aliphatic rings. The first-order valence-corrected chi connectivity index (χ1v) is 6.00. The van der Waals surface area contributed by atoms with E-state index in [0.717, 1.165) is 25.9 Å². The fourth-order valence-electron chi connectivity index (χ4n) is 1.98. The highest BCUT2D eigenvalue weighted by Crippen LogP contribution is 2.32. The van der Waals surface area contributed by atoms with Gasteiger partial charge in [-0.1, -0.05) is 0 Å². The summed E-state index contributed by atoms with van der Waals surface area (Å²) in [6.45, 7) is 2.23. The Morgan fingerprint density at radius 2 is 2.13 bits per heavy atom. The average Bonchev–Trinajstić information content (AvgIpc) is 2.68. The molecular formula is C11H15NO2S. The molecule has 82 valence electrons. The zero-order chi connectivity index (χ0) is 10.8. The first-order valence-electron chi connectivity index (χ1n) is 5.18. The van der Waals surface area contributed by atoms with Crippen molar-refractivity contribution in [3.05, 3.63) is 21.9 Å². The minimum Gasteiger partial charge on any atom is -0.477 e. The molecule has 1 saturated heterocycles. The smallest absolute Gasteiger partial charge is 0.345 e. The predicted octanol–water partition coefficient (Wildman–Crippen LogP) is 2.26. The standard InChI is InChI=1S/C11H15NO2S/c1-12-6-4-8(5-7-12)9-2-3-10(15-9)11(13)14/h2-3,8H,4-7H2,1H3,(H,13,14). The van der Waals surface area contributed by atoms with Gasteiger partial charge in [0.25, 0.3) is 0 Å². The van der Waals surface area contributed by atoms with Crippen molar-refractivity contribution in [2.75, 3.05) is 20.1 Å². The van der Waals surface area contributed by atoms with Crippen LogP contribution in [-0.4, -0.2) is 36.1 Å². The number of thiophene rings is 1. The van der Waals surface area contributed by atoms with Crippen LogP contribution in [0.4, 0.5) is 0 Å². The van der Waals surface area contributed by atoms with E-state index in [1.807, 2.05) is 6.07 Å². The number of carbonyl (C=O) groups is 1. The van der Waals surface area contributed by atoms with Crippen molar-refractivity contribution in [2.45, 2.75) is 18.8 Å². The highest BCUT2D eigenvalue weighted by atomic mass is 32.1. The molecule has 1 aromatic rings. The van der Waals surface area contributed by atoms with Crippen LogP contribution in [0.15, 0.2) is 12.1 Å². The minimum atomic E-state index is -0.806. The van der Waals surface area contributed by atoms with Gasteiger partial charge in [-0.3, -0.25) is 0 Å². The Bertz CT molecular complexity index is 353. The Labute approximate surface area is 93.3 Å². The second-order valence-electron chi connectivity index (χ2n) is 4.08. The second-order valence-corrected chi connectivity index (χ2v) is 5.20. The molecule has 0 radical (unpaired) electrons. The lowest BCUT2D eigenvalue weighted by atomic mass is 9.96. The maximum Gasteiger partial charge on any atom is 0.345 e. The molecule has 0 bridgehead atoms. The summed E-state index contributed by atoms with van der Waals surface area (Å²) < 4.78 is 0. The molecule has 2 rings (SSSR count). The summed E-state index contributed by atoms with van der Waals surface area (Å²) in [7, 11) is 2.13. The van der Waals surface area contributed by atoms with E-state index in [4.69, 9.17) is 5.11 Å². The molecule has 1 aliphatic heterocycles. The summed E-state index contributed by atoms with van der Waals surface area (Å²) in [4.78, 5) is 14.8. The third kappa shape index (κ3) is 2.38. The van der Waals surface area contributed by atoms with E-state index in [-0.39, 0.29) is 0 Å². The van der Waals surface area contributed by atoms with Crippen molar-refractivity contribution in [1.82, 2.24) is 4.90 Å². The minimum absolute atomic E-state index is 0.462. The summed E-state index contributed by atoms with van der Waals surface area (Å²) in [5.41, 5.74) is 0. The van der Waals surface area contributed by atoms with Crippen LogP contribution in [0.1, 0.15) is 33.3 Å². The number of rotatable bonds is 2. The third-order valence-corrected chi connectivity index (χ3v) is 4.19.